The smallest absolute Gasteiger partial charge is 0.272 e. The summed E-state index contributed by atoms with van der Waals surface area (Å²) in [4.78, 5) is 22.5. The summed E-state index contributed by atoms with van der Waals surface area (Å²) in [5.41, 5.74) is 1.18. The van der Waals surface area contributed by atoms with E-state index in [9.17, 15) is 4.79 Å². The van der Waals surface area contributed by atoms with Crippen molar-refractivity contribution in [3.05, 3.63) is 30.1 Å². The van der Waals surface area contributed by atoms with Crippen molar-refractivity contribution < 1.29 is 9.53 Å². The molecule has 0 bridgehead atoms. The molecule has 2 rings (SSSR count). The van der Waals surface area contributed by atoms with Crippen LogP contribution < -0.4 is 5.32 Å². The highest BCUT2D eigenvalue weighted by molar-refractivity contribution is 5.92. The van der Waals surface area contributed by atoms with E-state index in [0.717, 1.165) is 5.69 Å². The van der Waals surface area contributed by atoms with E-state index in [1.807, 2.05) is 6.92 Å². The van der Waals surface area contributed by atoms with Crippen LogP contribution in [0.1, 0.15) is 16.2 Å². The minimum Gasteiger partial charge on any atom is -0.378 e. The van der Waals surface area contributed by atoms with Crippen molar-refractivity contribution in [3.8, 4) is 0 Å². The number of nitrogens with one attached hydrogen (secondary N) is 1. The molecular weight excluding hydrogens is 244 g/mol. The zero-order chi connectivity index (χ0) is 13.7. The monoisotopic (exact) mass is 262 g/mol. The van der Waals surface area contributed by atoms with Crippen LogP contribution in [0.15, 0.2) is 18.7 Å². The Balaban J connectivity index is 2.15. The molecule has 0 unspecified atom stereocenters. The summed E-state index contributed by atoms with van der Waals surface area (Å²) in [7, 11) is 0. The van der Waals surface area contributed by atoms with E-state index in [2.05, 4.69) is 21.9 Å². The molecule has 1 fully saturated rings. The number of aromatic nitrogens is 2. The lowest BCUT2D eigenvalue weighted by molar-refractivity contribution is 0.0299. The summed E-state index contributed by atoms with van der Waals surface area (Å²) in [6.45, 7) is 8.41. The maximum atomic E-state index is 12.3. The van der Waals surface area contributed by atoms with Crippen LogP contribution in [0.3, 0.4) is 0 Å². The van der Waals surface area contributed by atoms with Gasteiger partial charge in [0.2, 0.25) is 5.95 Å². The number of aryl methyl sites for hydroxylation is 1. The van der Waals surface area contributed by atoms with Gasteiger partial charge in [0.05, 0.1) is 13.2 Å². The lowest BCUT2D eigenvalue weighted by Crippen LogP contribution is -2.41. The van der Waals surface area contributed by atoms with E-state index in [4.69, 9.17) is 4.74 Å². The van der Waals surface area contributed by atoms with Gasteiger partial charge in [0.1, 0.15) is 5.69 Å². The fourth-order valence-electron chi connectivity index (χ4n) is 1.85. The van der Waals surface area contributed by atoms with E-state index < -0.39 is 0 Å². The molecule has 0 spiro atoms. The summed E-state index contributed by atoms with van der Waals surface area (Å²) in [5, 5.41) is 3.00. The number of carbonyl (C=O) groups excluding carboxylic acids is 1. The lowest BCUT2D eigenvalue weighted by atomic mass is 10.3. The highest BCUT2D eigenvalue weighted by Gasteiger charge is 2.20. The van der Waals surface area contributed by atoms with Gasteiger partial charge >= 0.3 is 0 Å². The van der Waals surface area contributed by atoms with Gasteiger partial charge in [-0.15, -0.1) is 6.58 Å². The minimum atomic E-state index is -0.0737. The second-order valence-electron chi connectivity index (χ2n) is 4.29. The van der Waals surface area contributed by atoms with Crippen LogP contribution >= 0.6 is 0 Å². The van der Waals surface area contributed by atoms with Gasteiger partial charge in [-0.25, -0.2) is 9.97 Å². The Kier molecular flexibility index (Phi) is 4.46. The minimum absolute atomic E-state index is 0.0737. The highest BCUT2D eigenvalue weighted by atomic mass is 16.5. The van der Waals surface area contributed by atoms with Crippen molar-refractivity contribution in [2.75, 3.05) is 38.2 Å². The Bertz CT molecular complexity index is 470. The number of hydrogen-bond acceptors (Lipinski definition) is 5. The molecule has 0 aromatic carbocycles. The Morgan fingerprint density at radius 3 is 2.95 bits per heavy atom. The quantitative estimate of drug-likeness (QED) is 0.815. The molecule has 0 atom stereocenters. The second kappa shape index (κ2) is 6.29. The van der Waals surface area contributed by atoms with E-state index in [1.165, 1.54) is 0 Å². The normalized spacial score (nSPS) is 15.1. The van der Waals surface area contributed by atoms with Crippen molar-refractivity contribution >= 4 is 11.9 Å². The fraction of sp³-hybridized carbons (Fsp3) is 0.462. The predicted molar refractivity (Wildman–Crippen MR) is 72.2 cm³/mol. The summed E-state index contributed by atoms with van der Waals surface area (Å²) in [6.07, 6.45) is 1.72. The first-order valence-electron chi connectivity index (χ1n) is 6.28. The molecule has 19 heavy (non-hydrogen) atoms. The van der Waals surface area contributed by atoms with Crippen molar-refractivity contribution in [1.29, 1.82) is 0 Å². The van der Waals surface area contributed by atoms with Gasteiger partial charge in [0.15, 0.2) is 0 Å². The largest absolute Gasteiger partial charge is 0.378 e. The topological polar surface area (TPSA) is 67.4 Å². The molecule has 1 amide bonds. The zero-order valence-corrected chi connectivity index (χ0v) is 11.1. The molecule has 1 N–H and O–H groups in total. The van der Waals surface area contributed by atoms with Crippen LogP contribution in [0.4, 0.5) is 5.95 Å². The Labute approximate surface area is 112 Å². The molecule has 0 radical (unpaired) electrons. The van der Waals surface area contributed by atoms with Gasteiger partial charge in [0.25, 0.3) is 5.91 Å². The Morgan fingerprint density at radius 2 is 2.26 bits per heavy atom. The number of hydrogen-bond donors (Lipinski definition) is 1. The SMILES string of the molecule is C=CCNc1nc(C)cc(C(=O)N2CCOCC2)n1. The zero-order valence-electron chi connectivity index (χ0n) is 11.1. The molecule has 2 heterocycles. The Morgan fingerprint density at radius 1 is 1.53 bits per heavy atom. The van der Waals surface area contributed by atoms with Crippen LogP contribution in [0.5, 0.6) is 0 Å². The molecule has 1 saturated heterocycles. The molecule has 102 valence electrons. The standard InChI is InChI=1S/C13H18N4O2/c1-3-4-14-13-15-10(2)9-11(16-13)12(18)17-5-7-19-8-6-17/h3,9H,1,4-8H2,2H3,(H,14,15,16). The predicted octanol–water partition coefficient (Wildman–Crippen LogP) is 0.855. The van der Waals surface area contributed by atoms with Crippen LogP contribution in [0.25, 0.3) is 0 Å². The molecule has 1 aromatic heterocycles. The summed E-state index contributed by atoms with van der Waals surface area (Å²) >= 11 is 0. The fourth-order valence-corrected chi connectivity index (χ4v) is 1.85. The first-order valence-corrected chi connectivity index (χ1v) is 6.28. The molecule has 1 aromatic rings. The molecular formula is C13H18N4O2. The third-order valence-electron chi connectivity index (χ3n) is 2.78. The van der Waals surface area contributed by atoms with Crippen molar-refractivity contribution in [3.63, 3.8) is 0 Å². The first kappa shape index (κ1) is 13.5. The third-order valence-corrected chi connectivity index (χ3v) is 2.78. The van der Waals surface area contributed by atoms with Crippen LogP contribution in [-0.4, -0.2) is 53.6 Å². The van der Waals surface area contributed by atoms with E-state index in [0.29, 0.717) is 44.5 Å². The summed E-state index contributed by atoms with van der Waals surface area (Å²) < 4.78 is 5.24. The number of carbonyl (C=O) groups is 1. The third kappa shape index (κ3) is 3.51. The van der Waals surface area contributed by atoms with Gasteiger partial charge in [-0.3, -0.25) is 4.79 Å². The van der Waals surface area contributed by atoms with Crippen LogP contribution in [0.2, 0.25) is 0 Å². The molecule has 6 heteroatoms. The van der Waals surface area contributed by atoms with Gasteiger partial charge in [-0.2, -0.15) is 0 Å². The van der Waals surface area contributed by atoms with Crippen molar-refractivity contribution in [2.45, 2.75) is 6.92 Å². The average molecular weight is 262 g/mol. The number of nitrogens with zero attached hydrogens (tertiary/aromatic N) is 3. The lowest BCUT2D eigenvalue weighted by Gasteiger charge is -2.26. The summed E-state index contributed by atoms with van der Waals surface area (Å²) in [5.74, 6) is 0.381. The van der Waals surface area contributed by atoms with Gasteiger partial charge < -0.3 is 15.0 Å². The van der Waals surface area contributed by atoms with Crippen molar-refractivity contribution in [2.24, 2.45) is 0 Å². The molecule has 1 aliphatic heterocycles. The van der Waals surface area contributed by atoms with Gasteiger partial charge in [-0.05, 0) is 13.0 Å². The van der Waals surface area contributed by atoms with Gasteiger partial charge in [0, 0.05) is 25.3 Å². The summed E-state index contributed by atoms with van der Waals surface area (Å²) in [6, 6.07) is 1.71. The maximum absolute atomic E-state index is 12.3. The number of rotatable bonds is 4. The number of ether oxygens (including phenoxy) is 1. The molecule has 0 saturated carbocycles. The van der Waals surface area contributed by atoms with Gasteiger partial charge in [-0.1, -0.05) is 6.08 Å². The van der Waals surface area contributed by atoms with Crippen LogP contribution in [-0.2, 0) is 4.74 Å². The van der Waals surface area contributed by atoms with E-state index in [-0.39, 0.29) is 5.91 Å². The van der Waals surface area contributed by atoms with Crippen LogP contribution in [0, 0.1) is 6.92 Å². The van der Waals surface area contributed by atoms with E-state index >= 15 is 0 Å². The number of anilines is 1. The highest BCUT2D eigenvalue weighted by Crippen LogP contribution is 2.09. The Hall–Kier alpha value is -1.95. The molecule has 6 nitrogen and oxygen atoms in total. The first-order chi connectivity index (χ1) is 9.20. The van der Waals surface area contributed by atoms with E-state index in [1.54, 1.807) is 17.0 Å². The second-order valence-corrected chi connectivity index (χ2v) is 4.29. The number of morpholine rings is 1. The molecule has 0 aliphatic carbocycles. The average Bonchev–Trinajstić information content (AvgIpc) is 2.44. The number of amides is 1. The molecule has 1 aliphatic rings. The van der Waals surface area contributed by atoms with Crippen molar-refractivity contribution in [1.82, 2.24) is 14.9 Å². The maximum Gasteiger partial charge on any atom is 0.272 e.